The molecule has 0 spiro atoms. The molecule has 0 saturated heterocycles. The van der Waals surface area contributed by atoms with Gasteiger partial charge in [0.25, 0.3) is 0 Å². The first-order valence-corrected chi connectivity index (χ1v) is 40.9. The Morgan fingerprint density at radius 3 is 0.423 bits per heavy atom. The van der Waals surface area contributed by atoms with Crippen molar-refractivity contribution < 1.29 is 122 Å². The van der Waals surface area contributed by atoms with E-state index in [0.717, 1.165) is 146 Å². The van der Waals surface area contributed by atoms with E-state index in [4.69, 9.17) is 39.9 Å². The zero-order valence-corrected chi connectivity index (χ0v) is 69.6. The van der Waals surface area contributed by atoms with Crippen molar-refractivity contribution >= 4 is 87.2 Å². The van der Waals surface area contributed by atoms with Crippen molar-refractivity contribution in [1.82, 2.24) is 39.9 Å². The molecular weight excluding hydrogens is 1880 g/mol. The summed E-state index contributed by atoms with van der Waals surface area (Å²) in [5, 5.41) is 1.75. The van der Waals surface area contributed by atoms with Crippen molar-refractivity contribution in [3.63, 3.8) is 0 Å². The Labute approximate surface area is 765 Å². The summed E-state index contributed by atoms with van der Waals surface area (Å²) >= 11 is 0. The number of aromatic nitrogens is 8. The molecular formula is C104H48CuF24N8. The van der Waals surface area contributed by atoms with Crippen LogP contribution in [0.25, 0.3) is 222 Å². The van der Waals surface area contributed by atoms with Crippen LogP contribution in [0.15, 0.2) is 291 Å². The van der Waals surface area contributed by atoms with Gasteiger partial charge in [-0.05, 0) is 348 Å². The Hall–Kier alpha value is -15.2. The maximum Gasteiger partial charge on any atom is 2.00 e. The van der Waals surface area contributed by atoms with Crippen LogP contribution in [0.2, 0.25) is 0 Å². The smallest absolute Gasteiger partial charge is 0.357 e. The number of alkyl halides is 24. The third-order valence-electron chi connectivity index (χ3n) is 24.1. The monoisotopic (exact) mass is 1930 g/mol. The molecule has 0 saturated carbocycles. The standard InChI is InChI=1S/C104H48F24N8.Cu/c105-97(106,107)65-17-1-9-49(25-65)73-33-57-41-81-82(42-58(57)34-74(73)50-10-2-18-66(26-50)98(108,109)110)90-129-89(81)133-91-83-43-59-35-75(51-11-3-19-67(27-51)99(111,112)113)76(52-12-4-20-68(28-52)100(114,115)116)36-60(59)44-84(83)93(130-91)135-95-87-47-63-39-79(55-15-7-23-71(31-55)103(123,124)125)80(56-16-8-24-72(32-56)104(126,127)128)40-64(63)48-88(87)96(132-95)136-94-86-46-62-38-78(54-14-6-22-70(30-54)102(120,121)122)77(37-61(62)45-85(86)92(131-94)134-90)53-13-5-21-69(29-53)101(117,118)119;/h1-48H;/q-2;+2. The van der Waals surface area contributed by atoms with Crippen molar-refractivity contribution in [2.75, 3.05) is 0 Å². The molecule has 1 radical (unpaired) electrons. The molecule has 16 aromatic carbocycles. The zero-order valence-electron chi connectivity index (χ0n) is 68.7. The summed E-state index contributed by atoms with van der Waals surface area (Å²) in [6.45, 7) is 0. The zero-order chi connectivity index (χ0) is 95.3. The normalized spacial score (nSPS) is 12.9. The van der Waals surface area contributed by atoms with Crippen LogP contribution in [0, 0.1) is 0 Å². The Morgan fingerprint density at radius 1 is 0.153 bits per heavy atom. The topological polar surface area (TPSA) is 106 Å². The van der Waals surface area contributed by atoms with Gasteiger partial charge in [0.1, 0.15) is 0 Å². The Morgan fingerprint density at radius 2 is 0.285 bits per heavy atom. The van der Waals surface area contributed by atoms with Crippen LogP contribution >= 0.6 is 0 Å². The maximum atomic E-state index is 14.8. The van der Waals surface area contributed by atoms with Gasteiger partial charge in [0.2, 0.25) is 0 Å². The minimum absolute atomic E-state index is 0. The Kier molecular flexibility index (Phi) is 20.9. The summed E-state index contributed by atoms with van der Waals surface area (Å²) in [7, 11) is 0. The molecule has 137 heavy (non-hydrogen) atoms. The van der Waals surface area contributed by atoms with E-state index in [1.165, 1.54) is 146 Å². The average Bonchev–Trinajstić information content (AvgIpc) is 1.63. The number of hydrogen-bond donors (Lipinski definition) is 0. The molecule has 19 aromatic rings. The van der Waals surface area contributed by atoms with Crippen LogP contribution < -0.4 is 9.97 Å². The van der Waals surface area contributed by atoms with Gasteiger partial charge in [-0.25, -0.2) is 9.97 Å². The third kappa shape index (κ3) is 16.6. The average molecular weight is 1930 g/mol. The molecule has 0 atom stereocenters. The van der Waals surface area contributed by atoms with E-state index >= 15 is 0 Å². The van der Waals surface area contributed by atoms with Crippen molar-refractivity contribution in [2.24, 2.45) is 0 Å². The predicted molar refractivity (Wildman–Crippen MR) is 468 cm³/mol. The molecule has 2 aliphatic heterocycles. The molecule has 0 N–H and O–H groups in total. The Bertz CT molecular complexity index is 7540. The minimum Gasteiger partial charge on any atom is -0.357 e. The molecule has 3 aromatic heterocycles. The van der Waals surface area contributed by atoms with Crippen molar-refractivity contribution in [1.29, 1.82) is 0 Å². The summed E-state index contributed by atoms with van der Waals surface area (Å²) in [4.78, 5) is 41.0. The first-order valence-electron chi connectivity index (χ1n) is 40.9. The summed E-state index contributed by atoms with van der Waals surface area (Å²) in [5.41, 5.74) is -10.8. The maximum absolute atomic E-state index is 14.8. The van der Waals surface area contributed by atoms with Gasteiger partial charge in [0.15, 0.2) is 0 Å². The molecule has 683 valence electrons. The number of fused-ring (bicyclic) bond motifs is 24. The molecule has 33 heteroatoms. The van der Waals surface area contributed by atoms with E-state index in [-0.39, 0.29) is 239 Å². The van der Waals surface area contributed by atoms with Crippen LogP contribution in [0.1, 0.15) is 44.5 Å². The minimum atomic E-state index is -4.94. The van der Waals surface area contributed by atoms with Crippen LogP contribution in [-0.4, -0.2) is 29.9 Å². The molecule has 0 fully saturated rings. The summed E-state index contributed by atoms with van der Waals surface area (Å²) < 4.78 is 355. The van der Waals surface area contributed by atoms with E-state index in [2.05, 4.69) is 0 Å². The fraction of sp³-hybridized carbons (Fsp3) is 0.0769. The van der Waals surface area contributed by atoms with Gasteiger partial charge in [-0.2, -0.15) is 105 Å². The number of rotatable bonds is 8. The van der Waals surface area contributed by atoms with Gasteiger partial charge in [-0.3, -0.25) is 0 Å². The molecule has 0 aliphatic carbocycles. The molecule has 8 bridgehead atoms. The number of benzene rings is 16. The molecule has 8 nitrogen and oxygen atoms in total. The van der Waals surface area contributed by atoms with Crippen LogP contribution in [0.3, 0.4) is 0 Å². The fourth-order valence-corrected chi connectivity index (χ4v) is 17.7. The van der Waals surface area contributed by atoms with Crippen LogP contribution in [0.4, 0.5) is 105 Å². The van der Waals surface area contributed by atoms with Crippen molar-refractivity contribution in [2.45, 2.75) is 49.4 Å². The van der Waals surface area contributed by atoms with E-state index in [1.54, 1.807) is 0 Å². The van der Waals surface area contributed by atoms with Crippen molar-refractivity contribution in [3.8, 4) is 135 Å². The van der Waals surface area contributed by atoms with E-state index in [1.807, 2.05) is 0 Å². The van der Waals surface area contributed by atoms with Gasteiger partial charge in [-0.1, -0.05) is 97.1 Å². The van der Waals surface area contributed by atoms with E-state index in [0.29, 0.717) is 0 Å². The van der Waals surface area contributed by atoms with E-state index < -0.39 is 93.9 Å². The summed E-state index contributed by atoms with van der Waals surface area (Å²) in [6.07, 6.45) is -39.5. The second kappa shape index (κ2) is 32.0. The van der Waals surface area contributed by atoms with Crippen LogP contribution in [0.5, 0.6) is 0 Å². The van der Waals surface area contributed by atoms with Crippen LogP contribution in [-0.2, 0) is 66.5 Å². The first-order chi connectivity index (χ1) is 64.3. The molecule has 0 unspecified atom stereocenters. The predicted octanol–water partition coefficient (Wildman–Crippen LogP) is 32.2. The fourth-order valence-electron chi connectivity index (χ4n) is 17.7. The molecule has 2 aliphatic rings. The van der Waals surface area contributed by atoms with Gasteiger partial charge in [0, 0.05) is 44.8 Å². The van der Waals surface area contributed by atoms with Gasteiger partial charge >= 0.3 is 66.5 Å². The van der Waals surface area contributed by atoms with Crippen molar-refractivity contribution in [3.05, 3.63) is 336 Å². The Balaban J connectivity index is 0.0000116. The second-order valence-electron chi connectivity index (χ2n) is 32.7. The SMILES string of the molecule is FC(F)(F)c1cccc(-c2cc3cc4c(cc3cc2-c2cccc(C(F)(F)F)c2)-c2nc-4nc3[n-]c(nc4nc(nc5[n-]c(n2)c2cc6cc(-c7cccc(C(F)(F)F)c7)c(-c7cccc(C(F)(F)F)c7)cc6cc52)-c2cc5cc(-c6cccc(C(F)(F)F)c6)c(-c6cccc(C(F)(F)F)c6)cc5cc2-4)c2cc4cc(-c5cccc(C(F)(F)F)c5)c(-c5cccc(C(F)(F)F)c5)cc4cc32)c1.[Cu+2]. The van der Waals surface area contributed by atoms with Gasteiger partial charge < -0.3 is 29.9 Å². The largest absolute Gasteiger partial charge is 2.00 e. The van der Waals surface area contributed by atoms with E-state index in [9.17, 15) is 105 Å². The second-order valence-corrected chi connectivity index (χ2v) is 32.7. The molecule has 5 heterocycles. The summed E-state index contributed by atoms with van der Waals surface area (Å²) in [6, 6.07) is 55.8. The third-order valence-corrected chi connectivity index (χ3v) is 24.1. The molecule has 21 rings (SSSR count). The van der Waals surface area contributed by atoms with Gasteiger partial charge in [-0.15, -0.1) is 0 Å². The summed E-state index contributed by atoms with van der Waals surface area (Å²) in [5.74, 6) is -1.09. The number of hydrogen-bond acceptors (Lipinski definition) is 6. The van der Waals surface area contributed by atoms with Gasteiger partial charge in [0.05, 0.1) is 67.8 Å². The molecule has 0 amide bonds. The quantitative estimate of drug-likeness (QED) is 0.109. The first kappa shape index (κ1) is 89.6. The number of nitrogens with zero attached hydrogens (tertiary/aromatic N) is 8. The number of halogens is 24.